The van der Waals surface area contributed by atoms with Crippen LogP contribution in [0.15, 0.2) is 46.9 Å². The van der Waals surface area contributed by atoms with Crippen molar-refractivity contribution in [3.8, 4) is 5.75 Å². The molecule has 0 heterocycles. The van der Waals surface area contributed by atoms with Crippen molar-refractivity contribution in [3.63, 3.8) is 0 Å². The second-order valence-corrected chi connectivity index (χ2v) is 6.59. The molecule has 0 aromatic heterocycles. The number of hydrogen-bond donors (Lipinski definition) is 1. The predicted molar refractivity (Wildman–Crippen MR) is 89.9 cm³/mol. The second-order valence-electron chi connectivity index (χ2n) is 5.67. The Kier molecular flexibility index (Phi) is 4.32. The van der Waals surface area contributed by atoms with E-state index in [1.807, 2.05) is 7.05 Å². The van der Waals surface area contributed by atoms with Crippen LogP contribution in [0.4, 0.5) is 0 Å². The Bertz CT molecular complexity index is 599. The molecule has 1 fully saturated rings. The molecule has 0 spiro atoms. The lowest BCUT2D eigenvalue weighted by Gasteiger charge is -2.19. The van der Waals surface area contributed by atoms with E-state index in [4.69, 9.17) is 4.74 Å². The van der Waals surface area contributed by atoms with Gasteiger partial charge in [0.15, 0.2) is 0 Å². The SMILES string of the molecule is CNC(c1ccc(OC2CC2)cc1)c1cc(C)cc(Br)c1. The molecule has 3 rings (SSSR count). The lowest BCUT2D eigenvalue weighted by Crippen LogP contribution is -2.17. The van der Waals surface area contributed by atoms with Crippen LogP contribution in [-0.2, 0) is 0 Å². The number of benzene rings is 2. The maximum absolute atomic E-state index is 5.81. The van der Waals surface area contributed by atoms with E-state index < -0.39 is 0 Å². The third-order valence-electron chi connectivity index (χ3n) is 3.73. The highest BCUT2D eigenvalue weighted by Crippen LogP contribution is 2.30. The summed E-state index contributed by atoms with van der Waals surface area (Å²) in [6.07, 6.45) is 2.83. The van der Waals surface area contributed by atoms with Crippen LogP contribution in [0.1, 0.15) is 35.6 Å². The van der Waals surface area contributed by atoms with E-state index >= 15 is 0 Å². The Hall–Kier alpha value is -1.32. The smallest absolute Gasteiger partial charge is 0.119 e. The molecule has 0 amide bonds. The van der Waals surface area contributed by atoms with Crippen molar-refractivity contribution in [2.24, 2.45) is 0 Å². The van der Waals surface area contributed by atoms with E-state index in [-0.39, 0.29) is 6.04 Å². The number of rotatable bonds is 5. The van der Waals surface area contributed by atoms with E-state index in [1.165, 1.54) is 29.5 Å². The minimum atomic E-state index is 0.191. The number of halogens is 1. The van der Waals surface area contributed by atoms with E-state index in [9.17, 15) is 0 Å². The van der Waals surface area contributed by atoms with Crippen LogP contribution in [0.25, 0.3) is 0 Å². The predicted octanol–water partition coefficient (Wildman–Crippen LogP) is 4.61. The zero-order valence-electron chi connectivity index (χ0n) is 12.4. The molecule has 2 aromatic carbocycles. The fourth-order valence-electron chi connectivity index (χ4n) is 2.57. The molecule has 1 N–H and O–H groups in total. The van der Waals surface area contributed by atoms with Crippen LogP contribution in [0.5, 0.6) is 5.75 Å². The van der Waals surface area contributed by atoms with Crippen molar-refractivity contribution < 1.29 is 4.74 Å². The maximum atomic E-state index is 5.81. The molecule has 2 nitrogen and oxygen atoms in total. The molecular weight excluding hydrogens is 326 g/mol. The molecule has 1 saturated carbocycles. The number of aryl methyl sites for hydroxylation is 1. The van der Waals surface area contributed by atoms with Gasteiger partial charge in [0.2, 0.25) is 0 Å². The van der Waals surface area contributed by atoms with E-state index in [1.54, 1.807) is 0 Å². The Balaban J connectivity index is 1.84. The standard InChI is InChI=1S/C18H20BrNO/c1-12-9-14(11-15(19)10-12)18(20-2)13-3-5-16(6-4-13)21-17-7-8-17/h3-6,9-11,17-18,20H,7-8H2,1-2H3. The first-order chi connectivity index (χ1) is 10.2. The molecule has 0 radical (unpaired) electrons. The summed E-state index contributed by atoms with van der Waals surface area (Å²) in [6, 6.07) is 15.2. The number of hydrogen-bond acceptors (Lipinski definition) is 2. The minimum absolute atomic E-state index is 0.191. The highest BCUT2D eigenvalue weighted by molar-refractivity contribution is 9.10. The van der Waals surface area contributed by atoms with E-state index in [0.29, 0.717) is 6.10 Å². The first-order valence-electron chi connectivity index (χ1n) is 7.36. The summed E-state index contributed by atoms with van der Waals surface area (Å²) in [7, 11) is 2.00. The maximum Gasteiger partial charge on any atom is 0.119 e. The van der Waals surface area contributed by atoms with Crippen molar-refractivity contribution >= 4 is 15.9 Å². The largest absolute Gasteiger partial charge is 0.490 e. The summed E-state index contributed by atoms with van der Waals surface area (Å²) in [4.78, 5) is 0. The molecule has 0 saturated heterocycles. The Morgan fingerprint density at radius 3 is 2.38 bits per heavy atom. The van der Waals surface area contributed by atoms with Gasteiger partial charge in [0.25, 0.3) is 0 Å². The molecular formula is C18H20BrNO. The molecule has 1 atom stereocenters. The van der Waals surface area contributed by atoms with Gasteiger partial charge in [-0.05, 0) is 67.8 Å². The monoisotopic (exact) mass is 345 g/mol. The topological polar surface area (TPSA) is 21.3 Å². The van der Waals surface area contributed by atoms with Gasteiger partial charge in [-0.25, -0.2) is 0 Å². The van der Waals surface area contributed by atoms with Gasteiger partial charge >= 0.3 is 0 Å². The van der Waals surface area contributed by atoms with Crippen molar-refractivity contribution in [1.29, 1.82) is 0 Å². The van der Waals surface area contributed by atoms with Crippen LogP contribution in [0.2, 0.25) is 0 Å². The summed E-state index contributed by atoms with van der Waals surface area (Å²) in [6.45, 7) is 2.12. The summed E-state index contributed by atoms with van der Waals surface area (Å²) < 4.78 is 6.93. The first kappa shape index (κ1) is 14.6. The lowest BCUT2D eigenvalue weighted by atomic mass is 9.97. The van der Waals surface area contributed by atoms with Gasteiger partial charge in [0.1, 0.15) is 5.75 Å². The first-order valence-corrected chi connectivity index (χ1v) is 8.16. The van der Waals surface area contributed by atoms with Crippen molar-refractivity contribution in [1.82, 2.24) is 5.32 Å². The molecule has 0 aliphatic heterocycles. The quantitative estimate of drug-likeness (QED) is 0.854. The van der Waals surface area contributed by atoms with Crippen molar-refractivity contribution in [2.75, 3.05) is 7.05 Å². The Morgan fingerprint density at radius 2 is 1.81 bits per heavy atom. The summed E-state index contributed by atoms with van der Waals surface area (Å²) in [5.74, 6) is 0.974. The van der Waals surface area contributed by atoms with Crippen LogP contribution < -0.4 is 10.1 Å². The molecule has 2 aromatic rings. The fraction of sp³-hybridized carbons (Fsp3) is 0.333. The van der Waals surface area contributed by atoms with E-state index in [0.717, 1.165) is 10.2 Å². The summed E-state index contributed by atoms with van der Waals surface area (Å²) in [5.41, 5.74) is 3.77. The van der Waals surface area contributed by atoms with Gasteiger partial charge in [-0.3, -0.25) is 0 Å². The van der Waals surface area contributed by atoms with Gasteiger partial charge in [-0.1, -0.05) is 34.1 Å². The van der Waals surface area contributed by atoms with E-state index in [2.05, 4.69) is 70.6 Å². The molecule has 0 bridgehead atoms. The molecule has 1 aliphatic carbocycles. The van der Waals surface area contributed by atoms with Gasteiger partial charge in [0, 0.05) is 4.47 Å². The van der Waals surface area contributed by atoms with Crippen LogP contribution in [0.3, 0.4) is 0 Å². The molecule has 3 heteroatoms. The lowest BCUT2D eigenvalue weighted by molar-refractivity contribution is 0.303. The minimum Gasteiger partial charge on any atom is -0.490 e. The third kappa shape index (κ3) is 3.66. The van der Waals surface area contributed by atoms with Crippen LogP contribution >= 0.6 is 15.9 Å². The fourth-order valence-corrected chi connectivity index (χ4v) is 3.20. The summed E-state index contributed by atoms with van der Waals surface area (Å²) >= 11 is 3.58. The zero-order valence-corrected chi connectivity index (χ0v) is 14.0. The van der Waals surface area contributed by atoms with Crippen molar-refractivity contribution in [2.45, 2.75) is 31.9 Å². The van der Waals surface area contributed by atoms with Gasteiger partial charge in [0.05, 0.1) is 12.1 Å². The molecule has 1 aliphatic rings. The Morgan fingerprint density at radius 1 is 1.10 bits per heavy atom. The third-order valence-corrected chi connectivity index (χ3v) is 4.18. The average Bonchev–Trinajstić information content (AvgIpc) is 3.24. The second kappa shape index (κ2) is 6.20. The zero-order chi connectivity index (χ0) is 14.8. The molecule has 21 heavy (non-hydrogen) atoms. The Labute approximate surface area is 134 Å². The van der Waals surface area contributed by atoms with Gasteiger partial charge in [-0.15, -0.1) is 0 Å². The molecule has 1 unspecified atom stereocenters. The highest BCUT2D eigenvalue weighted by Gasteiger charge is 2.23. The van der Waals surface area contributed by atoms with Crippen LogP contribution in [-0.4, -0.2) is 13.2 Å². The van der Waals surface area contributed by atoms with Gasteiger partial charge < -0.3 is 10.1 Å². The average molecular weight is 346 g/mol. The van der Waals surface area contributed by atoms with Gasteiger partial charge in [-0.2, -0.15) is 0 Å². The van der Waals surface area contributed by atoms with Crippen molar-refractivity contribution in [3.05, 3.63) is 63.6 Å². The number of ether oxygens (including phenoxy) is 1. The normalized spacial score (nSPS) is 15.8. The molecule has 110 valence electrons. The summed E-state index contributed by atoms with van der Waals surface area (Å²) in [5, 5.41) is 3.40. The number of nitrogens with one attached hydrogen (secondary N) is 1. The highest BCUT2D eigenvalue weighted by atomic mass is 79.9. The van der Waals surface area contributed by atoms with Crippen LogP contribution in [0, 0.1) is 6.92 Å².